The van der Waals surface area contributed by atoms with Crippen LogP contribution in [0.15, 0.2) is 28.8 Å². The van der Waals surface area contributed by atoms with Crippen LogP contribution >= 0.6 is 0 Å². The van der Waals surface area contributed by atoms with E-state index in [0.717, 1.165) is 25.7 Å². The molecule has 1 saturated carbocycles. The molecule has 0 amide bonds. The van der Waals surface area contributed by atoms with E-state index in [-0.39, 0.29) is 5.82 Å². The van der Waals surface area contributed by atoms with Crippen molar-refractivity contribution in [3.63, 3.8) is 0 Å². The van der Waals surface area contributed by atoms with Crippen LogP contribution in [-0.2, 0) is 5.54 Å². The highest BCUT2D eigenvalue weighted by atomic mass is 19.1. The number of hydrogen-bond donors (Lipinski definition) is 1. The van der Waals surface area contributed by atoms with Crippen molar-refractivity contribution in [2.24, 2.45) is 11.7 Å². The maximum Gasteiger partial charge on any atom is 0.258 e. The smallest absolute Gasteiger partial charge is 0.258 e. The van der Waals surface area contributed by atoms with Crippen LogP contribution in [-0.4, -0.2) is 10.1 Å². The normalized spacial score (nSPS) is 26.6. The number of rotatable bonds is 2. The number of nitrogens with two attached hydrogens (primary N) is 1. The van der Waals surface area contributed by atoms with E-state index in [1.807, 2.05) is 0 Å². The molecular formula is C15H18FN3O. The summed E-state index contributed by atoms with van der Waals surface area (Å²) in [4.78, 5) is 4.37. The Morgan fingerprint density at radius 3 is 2.80 bits per heavy atom. The molecular weight excluding hydrogens is 257 g/mol. The van der Waals surface area contributed by atoms with Crippen LogP contribution in [0.4, 0.5) is 4.39 Å². The third-order valence-electron chi connectivity index (χ3n) is 4.11. The molecule has 106 valence electrons. The summed E-state index contributed by atoms with van der Waals surface area (Å²) in [6.07, 6.45) is 3.85. The molecule has 1 heterocycles. The molecule has 0 bridgehead atoms. The Balaban J connectivity index is 1.87. The molecule has 0 aliphatic heterocycles. The van der Waals surface area contributed by atoms with Crippen molar-refractivity contribution in [3.05, 3.63) is 35.9 Å². The second kappa shape index (κ2) is 4.98. The van der Waals surface area contributed by atoms with Crippen LogP contribution in [0, 0.1) is 11.7 Å². The predicted octanol–water partition coefficient (Wildman–Crippen LogP) is 3.24. The van der Waals surface area contributed by atoms with Gasteiger partial charge >= 0.3 is 0 Å². The lowest BCUT2D eigenvalue weighted by Crippen LogP contribution is -2.41. The van der Waals surface area contributed by atoms with Crippen LogP contribution in [0.25, 0.3) is 11.5 Å². The van der Waals surface area contributed by atoms with Crippen molar-refractivity contribution in [2.45, 2.75) is 38.1 Å². The zero-order valence-electron chi connectivity index (χ0n) is 11.5. The van der Waals surface area contributed by atoms with Crippen LogP contribution in [0.2, 0.25) is 0 Å². The lowest BCUT2D eigenvalue weighted by Gasteiger charge is -2.33. The first-order valence-electron chi connectivity index (χ1n) is 6.96. The first-order chi connectivity index (χ1) is 9.57. The van der Waals surface area contributed by atoms with E-state index in [1.54, 1.807) is 12.1 Å². The summed E-state index contributed by atoms with van der Waals surface area (Å²) in [5.41, 5.74) is 6.47. The van der Waals surface area contributed by atoms with E-state index in [1.165, 1.54) is 12.1 Å². The Labute approximate surface area is 117 Å². The van der Waals surface area contributed by atoms with Gasteiger partial charge in [-0.2, -0.15) is 4.98 Å². The zero-order valence-corrected chi connectivity index (χ0v) is 11.5. The largest absolute Gasteiger partial charge is 0.334 e. The summed E-state index contributed by atoms with van der Waals surface area (Å²) >= 11 is 0. The monoisotopic (exact) mass is 275 g/mol. The molecule has 4 nitrogen and oxygen atoms in total. The molecule has 1 aliphatic rings. The molecule has 2 N–H and O–H groups in total. The van der Waals surface area contributed by atoms with Gasteiger partial charge in [-0.15, -0.1) is 0 Å². The van der Waals surface area contributed by atoms with Crippen molar-refractivity contribution >= 4 is 0 Å². The maximum atomic E-state index is 13.2. The lowest BCUT2D eigenvalue weighted by atomic mass is 9.77. The first-order valence-corrected chi connectivity index (χ1v) is 6.96. The van der Waals surface area contributed by atoms with E-state index < -0.39 is 5.54 Å². The molecule has 5 heteroatoms. The predicted molar refractivity (Wildman–Crippen MR) is 73.2 cm³/mol. The van der Waals surface area contributed by atoms with Gasteiger partial charge in [-0.1, -0.05) is 18.1 Å². The molecule has 3 rings (SSSR count). The third kappa shape index (κ3) is 2.45. The van der Waals surface area contributed by atoms with Crippen LogP contribution in [0.1, 0.15) is 38.4 Å². The number of aromatic nitrogens is 2. The Hall–Kier alpha value is -1.75. The van der Waals surface area contributed by atoms with Gasteiger partial charge < -0.3 is 10.3 Å². The van der Waals surface area contributed by atoms with E-state index in [0.29, 0.717) is 23.2 Å². The van der Waals surface area contributed by atoms with Crippen molar-refractivity contribution < 1.29 is 8.91 Å². The average Bonchev–Trinajstić information content (AvgIpc) is 2.93. The molecule has 1 aliphatic carbocycles. The van der Waals surface area contributed by atoms with Gasteiger partial charge in [0.25, 0.3) is 5.89 Å². The molecule has 1 aromatic carbocycles. The van der Waals surface area contributed by atoms with Crippen LogP contribution in [0.3, 0.4) is 0 Å². The molecule has 1 fully saturated rings. The van der Waals surface area contributed by atoms with Crippen molar-refractivity contribution in [1.29, 1.82) is 0 Å². The van der Waals surface area contributed by atoms with Crippen molar-refractivity contribution in [2.75, 3.05) is 0 Å². The molecule has 0 unspecified atom stereocenters. The summed E-state index contributed by atoms with van der Waals surface area (Å²) in [6, 6.07) is 6.12. The molecule has 0 spiro atoms. The molecule has 2 aromatic rings. The molecule has 0 saturated heterocycles. The SMILES string of the molecule is CC1CCC(N)(c2noc(-c3cccc(F)c3)n2)CC1. The molecule has 0 radical (unpaired) electrons. The standard InChI is InChI=1S/C15H18FN3O/c1-10-5-7-15(17,8-6-10)14-18-13(20-19-14)11-3-2-4-12(16)9-11/h2-4,9-10H,5-8,17H2,1H3. The number of halogens is 1. The van der Waals surface area contributed by atoms with Crippen molar-refractivity contribution in [3.8, 4) is 11.5 Å². The Kier molecular flexibility index (Phi) is 3.30. The van der Waals surface area contributed by atoms with E-state index in [2.05, 4.69) is 17.1 Å². The fraction of sp³-hybridized carbons (Fsp3) is 0.467. The van der Waals surface area contributed by atoms with Gasteiger partial charge in [-0.3, -0.25) is 0 Å². The summed E-state index contributed by atoms with van der Waals surface area (Å²) in [5.74, 6) is 1.23. The topological polar surface area (TPSA) is 64.9 Å². The molecule has 0 atom stereocenters. The van der Waals surface area contributed by atoms with Crippen LogP contribution < -0.4 is 5.73 Å². The summed E-state index contributed by atoms with van der Waals surface area (Å²) in [6.45, 7) is 2.23. The number of nitrogens with zero attached hydrogens (tertiary/aromatic N) is 2. The quantitative estimate of drug-likeness (QED) is 0.913. The lowest BCUT2D eigenvalue weighted by molar-refractivity contribution is 0.230. The summed E-state index contributed by atoms with van der Waals surface area (Å²) < 4.78 is 18.5. The highest BCUT2D eigenvalue weighted by Gasteiger charge is 2.36. The Morgan fingerprint density at radius 2 is 2.10 bits per heavy atom. The second-order valence-electron chi connectivity index (χ2n) is 5.77. The summed E-state index contributed by atoms with van der Waals surface area (Å²) in [7, 11) is 0. The van der Waals surface area contributed by atoms with Gasteiger partial charge in [0, 0.05) is 5.56 Å². The Bertz CT molecular complexity index is 603. The minimum Gasteiger partial charge on any atom is -0.334 e. The molecule has 1 aromatic heterocycles. The van der Waals surface area contributed by atoms with Gasteiger partial charge in [0.1, 0.15) is 5.82 Å². The number of benzene rings is 1. The fourth-order valence-corrected chi connectivity index (χ4v) is 2.67. The van der Waals surface area contributed by atoms with Gasteiger partial charge in [-0.25, -0.2) is 4.39 Å². The Morgan fingerprint density at radius 1 is 1.35 bits per heavy atom. The average molecular weight is 275 g/mol. The third-order valence-corrected chi connectivity index (χ3v) is 4.11. The van der Waals surface area contributed by atoms with Gasteiger partial charge in [-0.05, 0) is 49.8 Å². The van der Waals surface area contributed by atoms with Crippen LogP contribution in [0.5, 0.6) is 0 Å². The second-order valence-corrected chi connectivity index (χ2v) is 5.77. The van der Waals surface area contributed by atoms with Gasteiger partial charge in [0.2, 0.25) is 0 Å². The van der Waals surface area contributed by atoms with E-state index in [4.69, 9.17) is 10.3 Å². The maximum absolute atomic E-state index is 13.2. The highest BCUT2D eigenvalue weighted by molar-refractivity contribution is 5.52. The minimum absolute atomic E-state index is 0.322. The summed E-state index contributed by atoms with van der Waals surface area (Å²) in [5, 5.41) is 4.01. The highest BCUT2D eigenvalue weighted by Crippen LogP contribution is 2.36. The first kappa shape index (κ1) is 13.2. The zero-order chi connectivity index (χ0) is 14.2. The van der Waals surface area contributed by atoms with E-state index >= 15 is 0 Å². The number of hydrogen-bond acceptors (Lipinski definition) is 4. The fourth-order valence-electron chi connectivity index (χ4n) is 2.67. The van der Waals surface area contributed by atoms with E-state index in [9.17, 15) is 4.39 Å². The van der Waals surface area contributed by atoms with Gasteiger partial charge in [0.05, 0.1) is 5.54 Å². The molecule has 20 heavy (non-hydrogen) atoms. The van der Waals surface area contributed by atoms with Crippen molar-refractivity contribution in [1.82, 2.24) is 10.1 Å². The minimum atomic E-state index is -0.512. The van der Waals surface area contributed by atoms with Gasteiger partial charge in [0.15, 0.2) is 5.82 Å².